The van der Waals surface area contributed by atoms with Gasteiger partial charge in [-0.05, 0) is 42.5 Å². The summed E-state index contributed by atoms with van der Waals surface area (Å²) < 4.78 is 0. The molecule has 0 unspecified atom stereocenters. The van der Waals surface area contributed by atoms with Gasteiger partial charge in [-0.1, -0.05) is 18.2 Å². The Hall–Kier alpha value is -2.00. The molecule has 0 spiro atoms. The number of hydrogen-bond acceptors (Lipinski definition) is 2. The minimum atomic E-state index is -0.0793. The number of hydrogen-bond donors (Lipinski definition) is 2. The first kappa shape index (κ1) is 13.4. The molecule has 3 aromatic rings. The normalized spacial score (nSPS) is 10.6. The van der Waals surface area contributed by atoms with Gasteiger partial charge in [0.05, 0.1) is 10.9 Å². The number of phenols is 1. The van der Waals surface area contributed by atoms with Gasteiger partial charge in [0.2, 0.25) is 0 Å². The van der Waals surface area contributed by atoms with Crippen LogP contribution in [0.15, 0.2) is 35.1 Å². The summed E-state index contributed by atoms with van der Waals surface area (Å²) in [4.78, 5) is 15.0. The highest BCUT2D eigenvalue weighted by atomic mass is 35.5. The lowest BCUT2D eigenvalue weighted by Gasteiger charge is -2.08. The number of aromatic hydroxyl groups is 1. The zero-order chi connectivity index (χ0) is 12.9. The average molecular weight is 276 g/mol. The summed E-state index contributed by atoms with van der Waals surface area (Å²) in [5.74, 6) is 0.217. The number of pyridine rings is 1. The molecule has 98 valence electrons. The first-order chi connectivity index (χ1) is 8.58. The summed E-state index contributed by atoms with van der Waals surface area (Å²) in [7, 11) is 0. The number of aromatic nitrogens is 1. The highest BCUT2D eigenvalue weighted by Gasteiger charge is 2.09. The Morgan fingerprint density at radius 2 is 1.79 bits per heavy atom. The summed E-state index contributed by atoms with van der Waals surface area (Å²) >= 11 is 0. The molecule has 3 nitrogen and oxygen atoms in total. The Kier molecular flexibility index (Phi) is 3.25. The predicted molar refractivity (Wildman–Crippen MR) is 80.5 cm³/mol. The van der Waals surface area contributed by atoms with Crippen LogP contribution in [-0.2, 0) is 0 Å². The topological polar surface area (TPSA) is 53.1 Å². The van der Waals surface area contributed by atoms with Crippen molar-refractivity contribution in [2.45, 2.75) is 13.8 Å². The summed E-state index contributed by atoms with van der Waals surface area (Å²) in [6.07, 6.45) is 0. The molecule has 0 aliphatic heterocycles. The van der Waals surface area contributed by atoms with Crippen LogP contribution in [0.2, 0.25) is 0 Å². The Morgan fingerprint density at radius 3 is 2.53 bits per heavy atom. The van der Waals surface area contributed by atoms with Crippen LogP contribution in [0.3, 0.4) is 0 Å². The maximum Gasteiger partial charge on any atom is 0.256 e. The summed E-state index contributed by atoms with van der Waals surface area (Å²) in [6, 6.07) is 9.10. The minimum Gasteiger partial charge on any atom is -0.508 e. The van der Waals surface area contributed by atoms with Gasteiger partial charge in [-0.15, -0.1) is 12.4 Å². The maximum absolute atomic E-state index is 12.1. The number of H-pyrrole nitrogens is 1. The minimum absolute atomic E-state index is 0. The van der Waals surface area contributed by atoms with Crippen molar-refractivity contribution in [3.8, 4) is 5.75 Å². The van der Waals surface area contributed by atoms with E-state index >= 15 is 0 Å². The number of halogens is 1. The lowest BCUT2D eigenvalue weighted by Crippen LogP contribution is -2.08. The van der Waals surface area contributed by atoms with Crippen molar-refractivity contribution in [1.29, 1.82) is 0 Å². The van der Waals surface area contributed by atoms with Crippen molar-refractivity contribution < 1.29 is 5.11 Å². The lowest BCUT2D eigenvalue weighted by molar-refractivity contribution is 0.476. The second kappa shape index (κ2) is 4.59. The molecule has 2 N–H and O–H groups in total. The third-order valence-electron chi connectivity index (χ3n) is 3.35. The molecule has 1 heterocycles. The average Bonchev–Trinajstić information content (AvgIpc) is 2.31. The van der Waals surface area contributed by atoms with E-state index in [0.29, 0.717) is 5.39 Å². The Morgan fingerprint density at radius 1 is 1.05 bits per heavy atom. The van der Waals surface area contributed by atoms with E-state index in [2.05, 4.69) is 4.98 Å². The van der Waals surface area contributed by atoms with Gasteiger partial charge in [-0.3, -0.25) is 4.79 Å². The first-order valence-electron chi connectivity index (χ1n) is 5.83. The molecule has 0 bridgehead atoms. The van der Waals surface area contributed by atoms with E-state index in [4.69, 9.17) is 0 Å². The van der Waals surface area contributed by atoms with E-state index in [1.807, 2.05) is 32.0 Å². The fourth-order valence-corrected chi connectivity index (χ4v) is 2.52. The second-order valence-corrected chi connectivity index (χ2v) is 4.64. The van der Waals surface area contributed by atoms with Crippen LogP contribution in [-0.4, -0.2) is 10.1 Å². The van der Waals surface area contributed by atoms with Gasteiger partial charge in [0, 0.05) is 5.39 Å². The van der Waals surface area contributed by atoms with Crippen molar-refractivity contribution >= 4 is 34.1 Å². The first-order valence-corrected chi connectivity index (χ1v) is 5.83. The van der Waals surface area contributed by atoms with Crippen molar-refractivity contribution in [3.63, 3.8) is 0 Å². The smallest absolute Gasteiger partial charge is 0.256 e. The molecule has 3 rings (SSSR count). The van der Waals surface area contributed by atoms with Crippen LogP contribution >= 0.6 is 12.4 Å². The highest BCUT2D eigenvalue weighted by molar-refractivity contribution is 6.07. The fourth-order valence-electron chi connectivity index (χ4n) is 2.52. The zero-order valence-corrected chi connectivity index (χ0v) is 11.5. The van der Waals surface area contributed by atoms with Crippen molar-refractivity contribution in [1.82, 2.24) is 4.98 Å². The molecule has 0 aliphatic carbocycles. The van der Waals surface area contributed by atoms with Crippen molar-refractivity contribution in [2.24, 2.45) is 0 Å². The van der Waals surface area contributed by atoms with Gasteiger partial charge in [-0.25, -0.2) is 0 Å². The zero-order valence-electron chi connectivity index (χ0n) is 10.7. The molecule has 19 heavy (non-hydrogen) atoms. The Bertz CT molecular complexity index is 837. The quantitative estimate of drug-likeness (QED) is 0.618. The fraction of sp³-hybridized carbons (Fsp3) is 0.133. The molecule has 2 aromatic carbocycles. The van der Waals surface area contributed by atoms with Crippen molar-refractivity contribution in [3.05, 3.63) is 51.8 Å². The van der Waals surface area contributed by atoms with E-state index in [-0.39, 0.29) is 23.7 Å². The Labute approximate surface area is 116 Å². The largest absolute Gasteiger partial charge is 0.508 e. The molecule has 0 aliphatic rings. The molecule has 0 atom stereocenters. The highest BCUT2D eigenvalue weighted by Crippen LogP contribution is 2.28. The van der Waals surface area contributed by atoms with E-state index in [1.165, 1.54) is 0 Å². The number of aryl methyl sites for hydroxylation is 2. The summed E-state index contributed by atoms with van der Waals surface area (Å²) in [6.45, 7) is 3.79. The number of aromatic amines is 1. The number of fused-ring (bicyclic) bond motifs is 3. The lowest BCUT2D eigenvalue weighted by atomic mass is 10.0. The Balaban J connectivity index is 0.00000133. The van der Waals surface area contributed by atoms with Gasteiger partial charge in [0.15, 0.2) is 0 Å². The number of rotatable bonds is 0. The second-order valence-electron chi connectivity index (χ2n) is 4.64. The van der Waals surface area contributed by atoms with Gasteiger partial charge >= 0.3 is 0 Å². The number of nitrogens with one attached hydrogen (secondary N) is 1. The van der Waals surface area contributed by atoms with Crippen LogP contribution in [0.5, 0.6) is 5.75 Å². The molecule has 0 fully saturated rings. The van der Waals surface area contributed by atoms with Gasteiger partial charge < -0.3 is 10.1 Å². The molecule has 4 heteroatoms. The summed E-state index contributed by atoms with van der Waals surface area (Å²) in [5.41, 5.74) is 2.52. The van der Waals surface area contributed by atoms with E-state index < -0.39 is 0 Å². The maximum atomic E-state index is 12.1. The monoisotopic (exact) mass is 275 g/mol. The SMILES string of the molecule is Cc1cc(O)cc2c1[nH]c(=O)c1c(C)cccc12.Cl. The van der Waals surface area contributed by atoms with Crippen LogP contribution in [0, 0.1) is 13.8 Å². The molecule has 0 amide bonds. The molecular weight excluding hydrogens is 262 g/mol. The third-order valence-corrected chi connectivity index (χ3v) is 3.35. The molecular formula is C15H14ClNO2. The molecule has 0 saturated heterocycles. The van der Waals surface area contributed by atoms with Crippen LogP contribution in [0.4, 0.5) is 0 Å². The van der Waals surface area contributed by atoms with Crippen molar-refractivity contribution in [2.75, 3.05) is 0 Å². The number of benzene rings is 2. The van der Waals surface area contributed by atoms with Crippen LogP contribution < -0.4 is 5.56 Å². The predicted octanol–water partition coefficient (Wildman–Crippen LogP) is 3.43. The van der Waals surface area contributed by atoms with Gasteiger partial charge in [0.1, 0.15) is 5.75 Å². The van der Waals surface area contributed by atoms with E-state index in [0.717, 1.165) is 27.4 Å². The van der Waals surface area contributed by atoms with Gasteiger partial charge in [0.25, 0.3) is 5.56 Å². The molecule has 0 saturated carbocycles. The van der Waals surface area contributed by atoms with E-state index in [1.54, 1.807) is 12.1 Å². The van der Waals surface area contributed by atoms with Gasteiger partial charge in [-0.2, -0.15) is 0 Å². The summed E-state index contributed by atoms with van der Waals surface area (Å²) in [5, 5.41) is 12.2. The van der Waals surface area contributed by atoms with Crippen LogP contribution in [0.25, 0.3) is 21.7 Å². The third kappa shape index (κ3) is 1.96. The molecule has 1 aromatic heterocycles. The van der Waals surface area contributed by atoms with E-state index in [9.17, 15) is 9.90 Å². The standard InChI is InChI=1S/C15H13NO2.ClH/c1-8-4-3-5-11-12-7-10(17)6-9(2)14(12)16-15(18)13(8)11;/h3-7,17H,1-2H3,(H,16,18);1H. The number of phenolic OH excluding ortho intramolecular Hbond substituents is 1. The molecule has 0 radical (unpaired) electrons. The van der Waals surface area contributed by atoms with Crippen LogP contribution in [0.1, 0.15) is 11.1 Å².